The number of halogens is 2. The van der Waals surface area contributed by atoms with E-state index in [0.29, 0.717) is 10.7 Å². The molecule has 96 valence electrons. The van der Waals surface area contributed by atoms with Gasteiger partial charge in [0.25, 0.3) is 0 Å². The highest BCUT2D eigenvalue weighted by atomic mass is 35.5. The fourth-order valence-electron chi connectivity index (χ4n) is 1.28. The lowest BCUT2D eigenvalue weighted by atomic mass is 10.4. The zero-order valence-electron chi connectivity index (χ0n) is 9.02. The molecule has 0 saturated heterocycles. The fraction of sp³-hybridized carbons (Fsp3) is 0.100. The van der Waals surface area contributed by atoms with Crippen LogP contribution in [-0.2, 0) is 16.6 Å². The van der Waals surface area contributed by atoms with E-state index in [1.807, 2.05) is 0 Å². The minimum atomic E-state index is -3.62. The Morgan fingerprint density at radius 1 is 1.28 bits per heavy atom. The second-order valence-corrected chi connectivity index (χ2v) is 6.06. The molecule has 0 amide bonds. The fourth-order valence-corrected chi connectivity index (χ4v) is 2.68. The number of sulfonamides is 1. The minimum absolute atomic E-state index is 0.0661. The number of nitrogens with zero attached hydrogens (tertiary/aromatic N) is 1. The lowest BCUT2D eigenvalue weighted by molar-refractivity contribution is 0.580. The lowest BCUT2D eigenvalue weighted by Crippen LogP contribution is -2.23. The van der Waals surface area contributed by atoms with Crippen LogP contribution < -0.4 is 4.72 Å². The summed E-state index contributed by atoms with van der Waals surface area (Å²) in [5.74, 6) is 0. The van der Waals surface area contributed by atoms with E-state index in [2.05, 4.69) is 14.7 Å². The van der Waals surface area contributed by atoms with Crippen LogP contribution in [0.4, 0.5) is 0 Å². The third-order valence-corrected chi connectivity index (χ3v) is 4.35. The van der Waals surface area contributed by atoms with Crippen LogP contribution in [0.3, 0.4) is 0 Å². The molecule has 0 aliphatic rings. The number of hydrogen-bond donors (Lipinski definition) is 2. The van der Waals surface area contributed by atoms with Gasteiger partial charge in [0.2, 0.25) is 10.0 Å². The second-order valence-electron chi connectivity index (χ2n) is 3.48. The Kier molecular flexibility index (Phi) is 3.91. The summed E-state index contributed by atoms with van der Waals surface area (Å²) in [7, 11) is -3.62. The summed E-state index contributed by atoms with van der Waals surface area (Å²) >= 11 is 11.5. The maximum absolute atomic E-state index is 11.9. The lowest BCUT2D eigenvalue weighted by Gasteiger charge is -2.06. The van der Waals surface area contributed by atoms with E-state index < -0.39 is 10.0 Å². The number of hydrogen-bond acceptors (Lipinski definition) is 3. The molecule has 1 aromatic heterocycles. The van der Waals surface area contributed by atoms with Crippen LogP contribution in [0.15, 0.2) is 35.6 Å². The van der Waals surface area contributed by atoms with E-state index in [4.69, 9.17) is 23.2 Å². The Labute approximate surface area is 114 Å². The third kappa shape index (κ3) is 3.02. The van der Waals surface area contributed by atoms with Crippen LogP contribution >= 0.6 is 23.2 Å². The topological polar surface area (TPSA) is 74.8 Å². The van der Waals surface area contributed by atoms with Crippen molar-refractivity contribution >= 4 is 33.2 Å². The first-order valence-corrected chi connectivity index (χ1v) is 7.15. The van der Waals surface area contributed by atoms with Gasteiger partial charge in [-0.3, -0.25) is 0 Å². The molecule has 0 aliphatic heterocycles. The number of imidazole rings is 1. The highest BCUT2D eigenvalue weighted by molar-refractivity contribution is 7.89. The van der Waals surface area contributed by atoms with Crippen molar-refractivity contribution in [1.29, 1.82) is 0 Å². The molecule has 8 heteroatoms. The van der Waals surface area contributed by atoms with E-state index in [0.717, 1.165) is 0 Å². The maximum Gasteiger partial charge on any atom is 0.240 e. The Morgan fingerprint density at radius 3 is 2.67 bits per heavy atom. The van der Waals surface area contributed by atoms with Gasteiger partial charge >= 0.3 is 0 Å². The van der Waals surface area contributed by atoms with Crippen molar-refractivity contribution in [1.82, 2.24) is 14.7 Å². The molecule has 0 radical (unpaired) electrons. The number of aromatic amines is 1. The first-order valence-electron chi connectivity index (χ1n) is 4.91. The number of benzene rings is 1. The highest BCUT2D eigenvalue weighted by Gasteiger charge is 2.15. The van der Waals surface area contributed by atoms with Gasteiger partial charge in [-0.15, -0.1) is 0 Å². The van der Waals surface area contributed by atoms with Crippen molar-refractivity contribution in [2.24, 2.45) is 0 Å². The number of H-pyrrole nitrogens is 1. The van der Waals surface area contributed by atoms with E-state index in [9.17, 15) is 8.42 Å². The third-order valence-electron chi connectivity index (χ3n) is 2.21. The molecule has 1 aromatic carbocycles. The Morgan fingerprint density at radius 2 is 2.06 bits per heavy atom. The quantitative estimate of drug-likeness (QED) is 0.909. The normalized spacial score (nSPS) is 11.7. The first kappa shape index (κ1) is 13.4. The van der Waals surface area contributed by atoms with E-state index in [1.54, 1.807) is 0 Å². The molecule has 0 unspecified atom stereocenters. The molecule has 0 saturated carbocycles. The summed E-state index contributed by atoms with van der Waals surface area (Å²) in [5.41, 5.74) is 0.665. The second kappa shape index (κ2) is 5.27. The van der Waals surface area contributed by atoms with Crippen molar-refractivity contribution < 1.29 is 8.42 Å². The summed E-state index contributed by atoms with van der Waals surface area (Å²) in [6.45, 7) is 0.128. The van der Waals surface area contributed by atoms with Crippen LogP contribution in [0.2, 0.25) is 10.0 Å². The smallest absolute Gasteiger partial charge is 0.240 e. The molecule has 0 aliphatic carbocycles. The molecule has 18 heavy (non-hydrogen) atoms. The van der Waals surface area contributed by atoms with Crippen molar-refractivity contribution in [3.05, 3.63) is 46.5 Å². The standard InChI is InChI=1S/C10H9Cl2N3O2S/c11-9-2-1-8(3-10(9)12)18(16,17)15-5-7-4-13-6-14-7/h1-4,6,15H,5H2,(H,13,14). The van der Waals surface area contributed by atoms with Gasteiger partial charge in [-0.2, -0.15) is 0 Å². The molecule has 0 atom stereocenters. The van der Waals surface area contributed by atoms with Gasteiger partial charge in [-0.05, 0) is 18.2 Å². The number of aromatic nitrogens is 2. The van der Waals surface area contributed by atoms with Crippen molar-refractivity contribution in [3.63, 3.8) is 0 Å². The van der Waals surface area contributed by atoms with Gasteiger partial charge in [0.1, 0.15) is 0 Å². The van der Waals surface area contributed by atoms with Gasteiger partial charge in [-0.1, -0.05) is 23.2 Å². The van der Waals surface area contributed by atoms with Crippen LogP contribution in [0.5, 0.6) is 0 Å². The SMILES string of the molecule is O=S(=O)(NCc1cnc[nH]1)c1ccc(Cl)c(Cl)c1. The van der Waals surface area contributed by atoms with E-state index in [1.165, 1.54) is 30.7 Å². The molecule has 2 rings (SSSR count). The Hall–Kier alpha value is -1.08. The number of rotatable bonds is 4. The number of nitrogens with one attached hydrogen (secondary N) is 2. The molecule has 5 nitrogen and oxygen atoms in total. The van der Waals surface area contributed by atoms with E-state index >= 15 is 0 Å². The minimum Gasteiger partial charge on any atom is -0.347 e. The maximum atomic E-state index is 11.9. The molecular formula is C10H9Cl2N3O2S. The first-order chi connectivity index (χ1) is 8.49. The van der Waals surface area contributed by atoms with Crippen LogP contribution in [0, 0.1) is 0 Å². The molecule has 0 spiro atoms. The van der Waals surface area contributed by atoms with E-state index in [-0.39, 0.29) is 16.5 Å². The average Bonchev–Trinajstić information content (AvgIpc) is 2.83. The summed E-state index contributed by atoms with van der Waals surface area (Å²) in [6, 6.07) is 4.14. The predicted molar refractivity (Wildman–Crippen MR) is 69.1 cm³/mol. The van der Waals surface area contributed by atoms with Crippen molar-refractivity contribution in [2.45, 2.75) is 11.4 Å². The molecule has 2 aromatic rings. The summed E-state index contributed by atoms with van der Waals surface area (Å²) in [5, 5.41) is 0.505. The van der Waals surface area contributed by atoms with Gasteiger partial charge in [-0.25, -0.2) is 18.1 Å². The molecule has 2 N–H and O–H groups in total. The van der Waals surface area contributed by atoms with Crippen molar-refractivity contribution in [3.8, 4) is 0 Å². The molecule has 0 bridgehead atoms. The molecular weight excluding hydrogens is 297 g/mol. The monoisotopic (exact) mass is 305 g/mol. The summed E-state index contributed by atoms with van der Waals surface area (Å²) in [6.07, 6.45) is 3.01. The van der Waals surface area contributed by atoms with Crippen molar-refractivity contribution in [2.75, 3.05) is 0 Å². The Bertz CT molecular complexity index is 641. The Balaban J connectivity index is 2.17. The van der Waals surface area contributed by atoms with Crippen LogP contribution in [-0.4, -0.2) is 18.4 Å². The van der Waals surface area contributed by atoms with Gasteiger partial charge < -0.3 is 4.98 Å². The zero-order valence-corrected chi connectivity index (χ0v) is 11.4. The van der Waals surface area contributed by atoms with Gasteiger partial charge in [0.15, 0.2) is 0 Å². The van der Waals surface area contributed by atoms with Gasteiger partial charge in [0.05, 0.1) is 27.8 Å². The molecule has 1 heterocycles. The van der Waals surface area contributed by atoms with Crippen LogP contribution in [0.25, 0.3) is 0 Å². The zero-order chi connectivity index (χ0) is 13.2. The predicted octanol–water partition coefficient (Wildman–Crippen LogP) is 2.19. The highest BCUT2D eigenvalue weighted by Crippen LogP contribution is 2.24. The summed E-state index contributed by atoms with van der Waals surface area (Å²) < 4.78 is 26.3. The largest absolute Gasteiger partial charge is 0.347 e. The summed E-state index contributed by atoms with van der Waals surface area (Å²) in [4.78, 5) is 6.65. The van der Waals surface area contributed by atoms with Crippen LogP contribution in [0.1, 0.15) is 5.69 Å². The average molecular weight is 306 g/mol. The molecule has 0 fully saturated rings. The van der Waals surface area contributed by atoms with Gasteiger partial charge in [0, 0.05) is 11.9 Å².